The third kappa shape index (κ3) is 7.59. The highest BCUT2D eigenvalue weighted by Gasteiger charge is 2.29. The standard InChI is InChI=1S/C26H26BrN3O5/c1-2-34-23(14-15-24(32)30-21-11-7-6-10-20(21)28)25(19-16-17(27)12-13-22(19)31)35-26(33)29-18-8-4-3-5-9-18/h3-16,23,25,31H,2,28H2,1H3,(H,29,33)(H,30,32)/b15-14+/t23-,25-/m1/s1. The van der Waals surface area contributed by atoms with E-state index in [1.165, 1.54) is 18.2 Å². The van der Waals surface area contributed by atoms with Gasteiger partial charge in [-0.05, 0) is 55.5 Å². The zero-order chi connectivity index (χ0) is 25.2. The minimum Gasteiger partial charge on any atom is -0.508 e. The van der Waals surface area contributed by atoms with Gasteiger partial charge in [-0.2, -0.15) is 0 Å². The number of para-hydroxylation sites is 3. The van der Waals surface area contributed by atoms with Crippen molar-refractivity contribution in [1.82, 2.24) is 0 Å². The summed E-state index contributed by atoms with van der Waals surface area (Å²) in [6.45, 7) is 2.03. The van der Waals surface area contributed by atoms with Crippen LogP contribution in [-0.2, 0) is 14.3 Å². The van der Waals surface area contributed by atoms with Gasteiger partial charge < -0.3 is 25.6 Å². The fraction of sp³-hybridized carbons (Fsp3) is 0.154. The Hall–Kier alpha value is -3.82. The van der Waals surface area contributed by atoms with E-state index in [9.17, 15) is 14.7 Å². The predicted octanol–water partition coefficient (Wildman–Crippen LogP) is 5.63. The first-order valence-corrected chi connectivity index (χ1v) is 11.6. The zero-order valence-corrected chi connectivity index (χ0v) is 20.6. The topological polar surface area (TPSA) is 123 Å². The van der Waals surface area contributed by atoms with Gasteiger partial charge in [-0.25, -0.2) is 4.79 Å². The first kappa shape index (κ1) is 25.8. The van der Waals surface area contributed by atoms with Gasteiger partial charge >= 0.3 is 6.09 Å². The molecular weight excluding hydrogens is 514 g/mol. The van der Waals surface area contributed by atoms with Crippen molar-refractivity contribution in [3.8, 4) is 5.75 Å². The highest BCUT2D eigenvalue weighted by Crippen LogP contribution is 2.34. The summed E-state index contributed by atoms with van der Waals surface area (Å²) >= 11 is 3.38. The van der Waals surface area contributed by atoms with Gasteiger partial charge in [0.25, 0.3) is 0 Å². The van der Waals surface area contributed by atoms with E-state index in [0.29, 0.717) is 27.1 Å². The molecule has 3 rings (SSSR count). The lowest BCUT2D eigenvalue weighted by molar-refractivity contribution is -0.112. The van der Waals surface area contributed by atoms with Gasteiger partial charge in [-0.3, -0.25) is 10.1 Å². The van der Waals surface area contributed by atoms with Gasteiger partial charge in [-0.15, -0.1) is 0 Å². The van der Waals surface area contributed by atoms with Crippen molar-refractivity contribution in [2.75, 3.05) is 23.0 Å². The SMILES string of the molecule is CCO[C@H](/C=C/C(=O)Nc1ccccc1N)[C@H](OC(=O)Nc1ccccc1)c1cc(Br)ccc1O. The van der Waals surface area contributed by atoms with E-state index in [0.717, 1.165) is 0 Å². The van der Waals surface area contributed by atoms with E-state index in [1.54, 1.807) is 67.6 Å². The van der Waals surface area contributed by atoms with Crippen LogP contribution in [0.25, 0.3) is 0 Å². The van der Waals surface area contributed by atoms with Crippen LogP contribution in [0.15, 0.2) is 89.4 Å². The molecule has 9 heteroatoms. The van der Waals surface area contributed by atoms with E-state index >= 15 is 0 Å². The predicted molar refractivity (Wildman–Crippen MR) is 139 cm³/mol. The summed E-state index contributed by atoms with van der Waals surface area (Å²) in [6, 6.07) is 20.4. The van der Waals surface area contributed by atoms with Crippen LogP contribution in [0.1, 0.15) is 18.6 Å². The Morgan fingerprint density at radius 1 is 1.06 bits per heavy atom. The maximum atomic E-state index is 12.7. The van der Waals surface area contributed by atoms with Gasteiger partial charge in [0.05, 0.1) is 11.4 Å². The van der Waals surface area contributed by atoms with E-state index in [2.05, 4.69) is 26.6 Å². The number of phenols is 1. The second kappa shape index (κ2) is 12.6. The zero-order valence-electron chi connectivity index (χ0n) is 19.0. The summed E-state index contributed by atoms with van der Waals surface area (Å²) in [7, 11) is 0. The molecule has 0 aliphatic carbocycles. The maximum Gasteiger partial charge on any atom is 0.412 e. The van der Waals surface area contributed by atoms with Gasteiger partial charge in [-0.1, -0.05) is 46.3 Å². The molecular formula is C26H26BrN3O5. The third-order valence-corrected chi connectivity index (χ3v) is 5.36. The van der Waals surface area contributed by atoms with Crippen molar-refractivity contribution >= 4 is 45.0 Å². The Labute approximate surface area is 211 Å². The Bertz CT molecular complexity index is 1190. The highest BCUT2D eigenvalue weighted by molar-refractivity contribution is 9.10. The van der Waals surface area contributed by atoms with Crippen molar-refractivity contribution in [1.29, 1.82) is 0 Å². The second-order valence-electron chi connectivity index (χ2n) is 7.38. The maximum absolute atomic E-state index is 12.7. The van der Waals surface area contributed by atoms with Crippen LogP contribution in [-0.4, -0.2) is 29.8 Å². The molecule has 0 aliphatic rings. The average molecular weight is 540 g/mol. The first-order valence-electron chi connectivity index (χ1n) is 10.8. The number of nitrogen functional groups attached to an aromatic ring is 1. The largest absolute Gasteiger partial charge is 0.508 e. The van der Waals surface area contributed by atoms with Crippen molar-refractivity contribution in [3.63, 3.8) is 0 Å². The van der Waals surface area contributed by atoms with Crippen molar-refractivity contribution < 1.29 is 24.2 Å². The second-order valence-corrected chi connectivity index (χ2v) is 8.29. The number of nitrogens with one attached hydrogen (secondary N) is 2. The molecule has 0 unspecified atom stereocenters. The van der Waals surface area contributed by atoms with Crippen LogP contribution < -0.4 is 16.4 Å². The van der Waals surface area contributed by atoms with Crippen LogP contribution in [0.5, 0.6) is 5.75 Å². The molecule has 0 bridgehead atoms. The summed E-state index contributed by atoms with van der Waals surface area (Å²) < 4.78 is 12.2. The molecule has 0 saturated carbocycles. The van der Waals surface area contributed by atoms with Crippen molar-refractivity contribution in [2.45, 2.75) is 19.1 Å². The number of hydrogen-bond donors (Lipinski definition) is 4. The number of anilines is 3. The molecule has 0 aromatic heterocycles. The molecule has 5 N–H and O–H groups in total. The summed E-state index contributed by atoms with van der Waals surface area (Å²) in [5, 5.41) is 15.9. The Kier molecular flexibility index (Phi) is 9.28. The van der Waals surface area contributed by atoms with Crippen molar-refractivity contribution in [3.05, 3.63) is 95.0 Å². The normalized spacial score (nSPS) is 12.6. The van der Waals surface area contributed by atoms with E-state index in [4.69, 9.17) is 15.2 Å². The van der Waals surface area contributed by atoms with E-state index in [1.807, 2.05) is 6.07 Å². The molecule has 0 saturated heterocycles. The number of ether oxygens (including phenoxy) is 2. The molecule has 0 fully saturated rings. The van der Waals surface area contributed by atoms with Crippen LogP contribution in [0.2, 0.25) is 0 Å². The Morgan fingerprint density at radius 2 is 1.77 bits per heavy atom. The number of carbonyl (C=O) groups is 2. The van der Waals surface area contributed by atoms with Crippen LogP contribution in [0.4, 0.5) is 21.9 Å². The van der Waals surface area contributed by atoms with Crippen LogP contribution in [0, 0.1) is 0 Å². The number of hydrogen-bond acceptors (Lipinski definition) is 6. The van der Waals surface area contributed by atoms with Gasteiger partial charge in [0, 0.05) is 28.4 Å². The average Bonchev–Trinajstić information content (AvgIpc) is 2.84. The molecule has 3 aromatic rings. The monoisotopic (exact) mass is 539 g/mol. The number of nitrogens with two attached hydrogens (primary N) is 1. The van der Waals surface area contributed by atoms with Crippen molar-refractivity contribution in [2.24, 2.45) is 0 Å². The molecule has 35 heavy (non-hydrogen) atoms. The smallest absolute Gasteiger partial charge is 0.412 e. The molecule has 182 valence electrons. The lowest BCUT2D eigenvalue weighted by Crippen LogP contribution is -2.28. The third-order valence-electron chi connectivity index (χ3n) is 4.86. The highest BCUT2D eigenvalue weighted by atomic mass is 79.9. The fourth-order valence-electron chi connectivity index (χ4n) is 3.25. The molecule has 0 spiro atoms. The lowest BCUT2D eigenvalue weighted by atomic mass is 10.0. The van der Waals surface area contributed by atoms with Crippen LogP contribution in [0.3, 0.4) is 0 Å². The summed E-state index contributed by atoms with van der Waals surface area (Å²) in [6.07, 6.45) is 0.0363. The van der Waals surface area contributed by atoms with Crippen LogP contribution >= 0.6 is 15.9 Å². The van der Waals surface area contributed by atoms with E-state index < -0.39 is 24.2 Å². The minimum atomic E-state index is -1.07. The fourth-order valence-corrected chi connectivity index (χ4v) is 3.63. The number of halogens is 1. The number of rotatable bonds is 9. The number of phenolic OH excluding ortho intramolecular Hbond substituents is 1. The lowest BCUT2D eigenvalue weighted by Gasteiger charge is -2.26. The number of carbonyl (C=O) groups excluding carboxylic acids is 2. The number of benzene rings is 3. The Balaban J connectivity index is 1.86. The summed E-state index contributed by atoms with van der Waals surface area (Å²) in [5.74, 6) is -0.538. The molecule has 3 aromatic carbocycles. The van der Waals surface area contributed by atoms with Gasteiger partial charge in [0.15, 0.2) is 6.10 Å². The van der Waals surface area contributed by atoms with Gasteiger partial charge in [0.2, 0.25) is 5.91 Å². The summed E-state index contributed by atoms with van der Waals surface area (Å²) in [5.41, 5.74) is 7.62. The van der Waals surface area contributed by atoms with Gasteiger partial charge in [0.1, 0.15) is 11.9 Å². The first-order chi connectivity index (χ1) is 16.9. The molecule has 2 atom stereocenters. The summed E-state index contributed by atoms with van der Waals surface area (Å²) in [4.78, 5) is 25.2. The minimum absolute atomic E-state index is 0.0923. The van der Waals surface area contributed by atoms with E-state index in [-0.39, 0.29) is 12.4 Å². The Morgan fingerprint density at radius 3 is 2.49 bits per heavy atom. The molecule has 0 radical (unpaired) electrons. The molecule has 0 aliphatic heterocycles. The quantitative estimate of drug-likeness (QED) is 0.206. The number of amides is 2. The molecule has 2 amide bonds. The number of aromatic hydroxyl groups is 1. The molecule has 0 heterocycles. The molecule has 8 nitrogen and oxygen atoms in total.